The summed E-state index contributed by atoms with van der Waals surface area (Å²) in [5.41, 5.74) is 0. The molecule has 0 spiro atoms. The predicted octanol–water partition coefficient (Wildman–Crippen LogP) is 0.533. The molecule has 2 fully saturated rings. The van der Waals surface area contributed by atoms with Crippen LogP contribution in [-0.2, 0) is 0 Å². The van der Waals surface area contributed by atoms with E-state index in [0.29, 0.717) is 12.0 Å². The number of hydrogen-bond donors (Lipinski definition) is 3. The van der Waals surface area contributed by atoms with E-state index in [9.17, 15) is 0 Å². The lowest BCUT2D eigenvalue weighted by Crippen LogP contribution is -2.51. The Hall–Kier alpha value is -0.560. The number of nitrogens with one attached hydrogen (secondary N) is 3. The third-order valence-electron chi connectivity index (χ3n) is 3.43. The van der Waals surface area contributed by atoms with E-state index < -0.39 is 0 Å². The van der Waals surface area contributed by atoms with Gasteiger partial charge in [0.25, 0.3) is 0 Å². The van der Waals surface area contributed by atoms with Gasteiger partial charge in [-0.05, 0) is 25.7 Å². The zero-order valence-corrected chi connectivity index (χ0v) is 10.3. The van der Waals surface area contributed by atoms with Crippen molar-refractivity contribution in [2.24, 2.45) is 11.8 Å². The van der Waals surface area contributed by atoms with Crippen molar-refractivity contribution in [1.29, 1.82) is 0 Å². The van der Waals surface area contributed by atoms with Gasteiger partial charge in [0, 0.05) is 31.6 Å². The fourth-order valence-corrected chi connectivity index (χ4v) is 2.21. The first-order chi connectivity index (χ1) is 7.74. The van der Waals surface area contributed by atoms with E-state index >= 15 is 0 Å². The van der Waals surface area contributed by atoms with Gasteiger partial charge < -0.3 is 5.32 Å². The quantitative estimate of drug-likeness (QED) is 0.522. The summed E-state index contributed by atoms with van der Waals surface area (Å²) in [4.78, 5) is 0. The Bertz CT molecular complexity index is 237. The van der Waals surface area contributed by atoms with Crippen LogP contribution in [0.1, 0.15) is 26.7 Å². The molecule has 3 heteroatoms. The predicted molar refractivity (Wildman–Crippen MR) is 66.9 cm³/mol. The highest BCUT2D eigenvalue weighted by Crippen LogP contribution is 2.12. The van der Waals surface area contributed by atoms with Crippen molar-refractivity contribution in [3.8, 4) is 11.8 Å². The Kier molecular flexibility index (Phi) is 4.22. The first-order valence-corrected chi connectivity index (χ1v) is 6.45. The van der Waals surface area contributed by atoms with Crippen molar-refractivity contribution in [1.82, 2.24) is 16.0 Å². The molecule has 0 saturated carbocycles. The molecule has 16 heavy (non-hydrogen) atoms. The smallest absolute Gasteiger partial charge is 0.121 e. The van der Waals surface area contributed by atoms with Crippen molar-refractivity contribution < 1.29 is 0 Å². The van der Waals surface area contributed by atoms with Crippen LogP contribution in [0.25, 0.3) is 0 Å². The highest BCUT2D eigenvalue weighted by molar-refractivity contribution is 5.12. The van der Waals surface area contributed by atoms with Gasteiger partial charge in [-0.3, -0.25) is 10.6 Å². The summed E-state index contributed by atoms with van der Waals surface area (Å²) >= 11 is 0. The normalized spacial score (nSPS) is 39.9. The fourth-order valence-electron chi connectivity index (χ4n) is 2.21. The average Bonchev–Trinajstić information content (AvgIpc) is 2.30. The summed E-state index contributed by atoms with van der Waals surface area (Å²) in [7, 11) is 0. The second-order valence-corrected chi connectivity index (χ2v) is 5.23. The molecule has 2 atom stereocenters. The van der Waals surface area contributed by atoms with Crippen molar-refractivity contribution in [3.63, 3.8) is 0 Å². The van der Waals surface area contributed by atoms with E-state index in [-0.39, 0.29) is 6.17 Å². The van der Waals surface area contributed by atoms with Gasteiger partial charge >= 0.3 is 0 Å². The number of piperidine rings is 1. The Morgan fingerprint density at radius 3 is 2.25 bits per heavy atom. The second-order valence-electron chi connectivity index (χ2n) is 5.23. The molecule has 3 N–H and O–H groups in total. The Morgan fingerprint density at radius 1 is 0.875 bits per heavy atom. The maximum absolute atomic E-state index is 3.48. The molecule has 0 aromatic carbocycles. The Morgan fingerprint density at radius 2 is 1.62 bits per heavy atom. The number of rotatable bonds is 0. The van der Waals surface area contributed by atoms with Gasteiger partial charge in [-0.2, -0.15) is 0 Å². The summed E-state index contributed by atoms with van der Waals surface area (Å²) < 4.78 is 0. The number of hydrogen-bond acceptors (Lipinski definition) is 3. The third kappa shape index (κ3) is 3.48. The van der Waals surface area contributed by atoms with Crippen LogP contribution in [-0.4, -0.2) is 31.8 Å². The molecule has 2 rings (SSSR count). The van der Waals surface area contributed by atoms with Gasteiger partial charge in [-0.1, -0.05) is 18.8 Å². The van der Waals surface area contributed by atoms with Gasteiger partial charge in [0.05, 0.1) is 0 Å². The van der Waals surface area contributed by atoms with E-state index in [1.165, 1.54) is 12.8 Å². The van der Waals surface area contributed by atoms with E-state index in [1.807, 2.05) is 0 Å². The monoisotopic (exact) mass is 221 g/mol. The molecular formula is C13H23N3. The molecule has 0 aliphatic carbocycles. The first-order valence-electron chi connectivity index (χ1n) is 6.45. The lowest BCUT2D eigenvalue weighted by Gasteiger charge is -2.27. The standard InChI is InChI=1S/C13H23N3/c1-10-7-15-13(16-8-10)6-5-12-4-3-11(2)14-9-12/h10-16H,3-4,7-9H2,1-2H3. The van der Waals surface area contributed by atoms with Gasteiger partial charge in [0.15, 0.2) is 0 Å². The summed E-state index contributed by atoms with van der Waals surface area (Å²) in [6.45, 7) is 7.70. The van der Waals surface area contributed by atoms with Crippen molar-refractivity contribution in [2.75, 3.05) is 19.6 Å². The molecule has 2 heterocycles. The summed E-state index contributed by atoms with van der Waals surface area (Å²) in [6.07, 6.45) is 2.70. The molecule has 0 bridgehead atoms. The van der Waals surface area contributed by atoms with Crippen LogP contribution in [0.2, 0.25) is 0 Å². The fraction of sp³-hybridized carbons (Fsp3) is 0.846. The van der Waals surface area contributed by atoms with E-state index in [1.54, 1.807) is 0 Å². The molecule has 2 aliphatic heterocycles. The van der Waals surface area contributed by atoms with Crippen LogP contribution in [0.5, 0.6) is 0 Å². The minimum Gasteiger partial charge on any atom is -0.313 e. The Labute approximate surface area is 98.8 Å². The van der Waals surface area contributed by atoms with Gasteiger partial charge in [-0.15, -0.1) is 0 Å². The maximum atomic E-state index is 3.48. The average molecular weight is 221 g/mol. The maximum Gasteiger partial charge on any atom is 0.121 e. The van der Waals surface area contributed by atoms with E-state index in [4.69, 9.17) is 0 Å². The molecule has 0 radical (unpaired) electrons. The van der Waals surface area contributed by atoms with Crippen molar-refractivity contribution in [2.45, 2.75) is 38.9 Å². The zero-order chi connectivity index (χ0) is 11.4. The van der Waals surface area contributed by atoms with Gasteiger partial charge in [0.1, 0.15) is 6.17 Å². The lowest BCUT2D eigenvalue weighted by atomic mass is 9.96. The van der Waals surface area contributed by atoms with Crippen LogP contribution in [0, 0.1) is 23.7 Å². The lowest BCUT2D eigenvalue weighted by molar-refractivity contribution is 0.352. The molecule has 2 aliphatic rings. The second kappa shape index (κ2) is 5.67. The van der Waals surface area contributed by atoms with E-state index in [2.05, 4.69) is 41.6 Å². The largest absolute Gasteiger partial charge is 0.313 e. The minimum absolute atomic E-state index is 0.204. The van der Waals surface area contributed by atoms with Crippen LogP contribution in [0.3, 0.4) is 0 Å². The summed E-state index contributed by atoms with van der Waals surface area (Å²) in [5, 5.41) is 10.3. The molecule has 3 nitrogen and oxygen atoms in total. The Balaban J connectivity index is 1.76. The van der Waals surface area contributed by atoms with Gasteiger partial charge in [0.2, 0.25) is 0 Å². The van der Waals surface area contributed by atoms with Crippen LogP contribution >= 0.6 is 0 Å². The van der Waals surface area contributed by atoms with Crippen LogP contribution in [0.15, 0.2) is 0 Å². The highest BCUT2D eigenvalue weighted by atomic mass is 15.1. The third-order valence-corrected chi connectivity index (χ3v) is 3.43. The summed E-state index contributed by atoms with van der Waals surface area (Å²) in [6, 6.07) is 0.671. The highest BCUT2D eigenvalue weighted by Gasteiger charge is 2.17. The molecule has 90 valence electrons. The molecule has 0 aromatic heterocycles. The topological polar surface area (TPSA) is 36.1 Å². The van der Waals surface area contributed by atoms with Crippen molar-refractivity contribution >= 4 is 0 Å². The minimum atomic E-state index is 0.204. The molecule has 2 unspecified atom stereocenters. The van der Waals surface area contributed by atoms with Gasteiger partial charge in [-0.25, -0.2) is 0 Å². The van der Waals surface area contributed by atoms with E-state index in [0.717, 1.165) is 25.6 Å². The molecular weight excluding hydrogens is 198 g/mol. The molecule has 0 amide bonds. The first kappa shape index (κ1) is 11.9. The molecule has 2 saturated heterocycles. The van der Waals surface area contributed by atoms with Crippen LogP contribution in [0.4, 0.5) is 0 Å². The molecule has 0 aromatic rings. The SMILES string of the molecule is CC1CNC(C#CC2CCC(C)NC2)NC1. The van der Waals surface area contributed by atoms with Crippen molar-refractivity contribution in [3.05, 3.63) is 0 Å². The zero-order valence-electron chi connectivity index (χ0n) is 10.3. The summed E-state index contributed by atoms with van der Waals surface area (Å²) in [5.74, 6) is 7.96. The van der Waals surface area contributed by atoms with Crippen LogP contribution < -0.4 is 16.0 Å².